The molecule has 1 aromatic carbocycles. The van der Waals surface area contributed by atoms with E-state index in [1.807, 2.05) is 0 Å². The van der Waals surface area contributed by atoms with E-state index in [-0.39, 0.29) is 5.91 Å². The van der Waals surface area contributed by atoms with Crippen molar-refractivity contribution >= 4 is 18.5 Å². The molecule has 1 rings (SSSR count). The molecule has 0 heterocycles. The first-order valence-corrected chi connectivity index (χ1v) is 4.25. The Labute approximate surface area is 82.7 Å². The van der Waals surface area contributed by atoms with E-state index in [4.69, 9.17) is 10.0 Å². The van der Waals surface area contributed by atoms with Crippen LogP contribution in [0.1, 0.15) is 15.9 Å². The fourth-order valence-electron chi connectivity index (χ4n) is 1.18. The van der Waals surface area contributed by atoms with Crippen LogP contribution in [-0.2, 0) is 0 Å². The van der Waals surface area contributed by atoms with Crippen molar-refractivity contribution in [2.24, 2.45) is 0 Å². The first kappa shape index (κ1) is 10.8. The van der Waals surface area contributed by atoms with Crippen molar-refractivity contribution in [2.45, 2.75) is 6.92 Å². The van der Waals surface area contributed by atoms with E-state index in [0.29, 0.717) is 11.0 Å². The van der Waals surface area contributed by atoms with Gasteiger partial charge >= 0.3 is 7.12 Å². The SMILES string of the molecule is CNC(=O)c1cc(B(O)O)ccc1C. The van der Waals surface area contributed by atoms with Crippen molar-refractivity contribution < 1.29 is 14.8 Å². The zero-order valence-corrected chi connectivity index (χ0v) is 8.11. The van der Waals surface area contributed by atoms with Crippen molar-refractivity contribution in [3.05, 3.63) is 29.3 Å². The standard InChI is InChI=1S/C9H12BNO3/c1-6-3-4-7(10(13)14)5-8(6)9(12)11-2/h3-5,13-14H,1-2H3,(H,11,12). The van der Waals surface area contributed by atoms with Crippen LogP contribution < -0.4 is 10.8 Å². The van der Waals surface area contributed by atoms with Gasteiger partial charge in [-0.05, 0) is 24.0 Å². The molecule has 0 bridgehead atoms. The van der Waals surface area contributed by atoms with E-state index < -0.39 is 7.12 Å². The number of rotatable bonds is 2. The van der Waals surface area contributed by atoms with Gasteiger partial charge in [0.05, 0.1) is 0 Å². The second-order valence-electron chi connectivity index (χ2n) is 3.03. The van der Waals surface area contributed by atoms with Crippen LogP contribution >= 0.6 is 0 Å². The van der Waals surface area contributed by atoms with Gasteiger partial charge in [-0.3, -0.25) is 4.79 Å². The highest BCUT2D eigenvalue weighted by Gasteiger charge is 2.14. The van der Waals surface area contributed by atoms with E-state index in [0.717, 1.165) is 5.56 Å². The van der Waals surface area contributed by atoms with Gasteiger partial charge in [0.2, 0.25) is 0 Å². The molecular formula is C9H12BNO3. The summed E-state index contributed by atoms with van der Waals surface area (Å²) in [6, 6.07) is 4.73. The minimum atomic E-state index is -1.54. The first-order valence-electron chi connectivity index (χ1n) is 4.25. The maximum atomic E-state index is 11.3. The molecule has 14 heavy (non-hydrogen) atoms. The maximum absolute atomic E-state index is 11.3. The van der Waals surface area contributed by atoms with E-state index >= 15 is 0 Å². The summed E-state index contributed by atoms with van der Waals surface area (Å²) >= 11 is 0. The molecule has 74 valence electrons. The molecule has 0 aliphatic carbocycles. The molecule has 0 unspecified atom stereocenters. The number of hydrogen-bond acceptors (Lipinski definition) is 3. The number of aryl methyl sites for hydroxylation is 1. The van der Waals surface area contributed by atoms with Gasteiger partial charge in [0, 0.05) is 12.6 Å². The van der Waals surface area contributed by atoms with Gasteiger partial charge in [0.15, 0.2) is 0 Å². The Balaban J connectivity index is 3.15. The highest BCUT2D eigenvalue weighted by molar-refractivity contribution is 6.58. The lowest BCUT2D eigenvalue weighted by molar-refractivity contribution is 0.0962. The molecule has 0 saturated carbocycles. The molecule has 0 radical (unpaired) electrons. The molecule has 0 atom stereocenters. The zero-order chi connectivity index (χ0) is 10.7. The third-order valence-corrected chi connectivity index (χ3v) is 2.03. The highest BCUT2D eigenvalue weighted by Crippen LogP contribution is 2.05. The fraction of sp³-hybridized carbons (Fsp3) is 0.222. The molecule has 3 N–H and O–H groups in total. The Bertz CT molecular complexity index is 352. The third-order valence-electron chi connectivity index (χ3n) is 2.03. The van der Waals surface area contributed by atoms with Crippen LogP contribution in [0.2, 0.25) is 0 Å². The van der Waals surface area contributed by atoms with Crippen LogP contribution in [-0.4, -0.2) is 30.1 Å². The van der Waals surface area contributed by atoms with Gasteiger partial charge < -0.3 is 15.4 Å². The summed E-state index contributed by atoms with van der Waals surface area (Å²) in [6.07, 6.45) is 0. The Morgan fingerprint density at radius 3 is 2.57 bits per heavy atom. The average molecular weight is 193 g/mol. The predicted molar refractivity (Wildman–Crippen MR) is 54.4 cm³/mol. The summed E-state index contributed by atoms with van der Waals surface area (Å²) < 4.78 is 0. The van der Waals surface area contributed by atoms with Crippen LogP contribution in [0.15, 0.2) is 18.2 Å². The summed E-state index contributed by atoms with van der Waals surface area (Å²) in [6.45, 7) is 1.79. The fourth-order valence-corrected chi connectivity index (χ4v) is 1.18. The quantitative estimate of drug-likeness (QED) is 0.529. The van der Waals surface area contributed by atoms with Crippen molar-refractivity contribution in [1.29, 1.82) is 0 Å². The number of hydrogen-bond donors (Lipinski definition) is 3. The van der Waals surface area contributed by atoms with Gasteiger partial charge in [0.1, 0.15) is 0 Å². The monoisotopic (exact) mass is 193 g/mol. The molecular weight excluding hydrogens is 181 g/mol. The number of benzene rings is 1. The number of amides is 1. The lowest BCUT2D eigenvalue weighted by Gasteiger charge is -2.06. The molecule has 0 fully saturated rings. The normalized spacial score (nSPS) is 9.71. The van der Waals surface area contributed by atoms with E-state index in [2.05, 4.69) is 5.32 Å². The summed E-state index contributed by atoms with van der Waals surface area (Å²) in [4.78, 5) is 11.3. The average Bonchev–Trinajstić information content (AvgIpc) is 2.17. The van der Waals surface area contributed by atoms with Gasteiger partial charge in [0.25, 0.3) is 5.91 Å². The van der Waals surface area contributed by atoms with Crippen LogP contribution in [0.3, 0.4) is 0 Å². The summed E-state index contributed by atoms with van der Waals surface area (Å²) in [7, 11) is -0.0110. The van der Waals surface area contributed by atoms with Crippen LogP contribution in [0, 0.1) is 6.92 Å². The summed E-state index contributed by atoms with van der Waals surface area (Å²) in [5.74, 6) is -0.231. The van der Waals surface area contributed by atoms with Crippen molar-refractivity contribution in [2.75, 3.05) is 7.05 Å². The molecule has 1 aromatic rings. The lowest BCUT2D eigenvalue weighted by atomic mass is 9.79. The molecule has 0 aliphatic heterocycles. The minimum absolute atomic E-state index is 0.231. The van der Waals surface area contributed by atoms with Gasteiger partial charge in [-0.1, -0.05) is 12.1 Å². The predicted octanol–water partition coefficient (Wildman–Crippen LogP) is -0.966. The summed E-state index contributed by atoms with van der Waals surface area (Å²) in [5, 5.41) is 20.3. The van der Waals surface area contributed by atoms with E-state index in [9.17, 15) is 4.79 Å². The molecule has 4 nitrogen and oxygen atoms in total. The largest absolute Gasteiger partial charge is 0.488 e. The van der Waals surface area contributed by atoms with E-state index in [1.54, 1.807) is 19.1 Å². The Morgan fingerprint density at radius 1 is 1.43 bits per heavy atom. The first-order chi connectivity index (χ1) is 6.56. The van der Waals surface area contributed by atoms with E-state index in [1.165, 1.54) is 13.1 Å². The number of carbonyl (C=O) groups excluding carboxylic acids is 1. The molecule has 1 amide bonds. The number of carbonyl (C=O) groups is 1. The Kier molecular flexibility index (Phi) is 3.27. The molecule has 0 aliphatic rings. The lowest BCUT2D eigenvalue weighted by Crippen LogP contribution is -2.31. The second kappa shape index (κ2) is 4.26. The third kappa shape index (κ3) is 2.13. The Morgan fingerprint density at radius 2 is 2.07 bits per heavy atom. The second-order valence-corrected chi connectivity index (χ2v) is 3.03. The molecule has 0 spiro atoms. The van der Waals surface area contributed by atoms with Crippen molar-refractivity contribution in [1.82, 2.24) is 5.32 Å². The highest BCUT2D eigenvalue weighted by atomic mass is 16.4. The van der Waals surface area contributed by atoms with Crippen molar-refractivity contribution in [3.63, 3.8) is 0 Å². The molecule has 5 heteroatoms. The zero-order valence-electron chi connectivity index (χ0n) is 8.11. The maximum Gasteiger partial charge on any atom is 0.488 e. The Hall–Kier alpha value is -1.33. The van der Waals surface area contributed by atoms with Crippen LogP contribution in [0.4, 0.5) is 0 Å². The molecule has 0 aromatic heterocycles. The van der Waals surface area contributed by atoms with Gasteiger partial charge in [-0.2, -0.15) is 0 Å². The van der Waals surface area contributed by atoms with Crippen molar-refractivity contribution in [3.8, 4) is 0 Å². The number of nitrogens with one attached hydrogen (secondary N) is 1. The minimum Gasteiger partial charge on any atom is -0.423 e. The van der Waals surface area contributed by atoms with Gasteiger partial charge in [-0.15, -0.1) is 0 Å². The van der Waals surface area contributed by atoms with Gasteiger partial charge in [-0.25, -0.2) is 0 Å². The smallest absolute Gasteiger partial charge is 0.423 e. The summed E-state index contributed by atoms with van der Waals surface area (Å²) in [5.41, 5.74) is 1.57. The van der Waals surface area contributed by atoms with Crippen LogP contribution in [0.25, 0.3) is 0 Å². The van der Waals surface area contributed by atoms with Crippen LogP contribution in [0.5, 0.6) is 0 Å². The molecule has 0 saturated heterocycles. The topological polar surface area (TPSA) is 69.6 Å².